The summed E-state index contributed by atoms with van der Waals surface area (Å²) in [4.78, 5) is 0. The summed E-state index contributed by atoms with van der Waals surface area (Å²) < 4.78 is 0. The summed E-state index contributed by atoms with van der Waals surface area (Å²) in [5.74, 6) is 0. The molecule has 1 rings (SSSR count). The van der Waals surface area contributed by atoms with E-state index in [1.165, 1.54) is 0 Å². The highest BCUT2D eigenvalue weighted by molar-refractivity contribution is 4.90. The lowest BCUT2D eigenvalue weighted by Gasteiger charge is -2.38. The second kappa shape index (κ2) is 2.89. The molecule has 2 unspecified atom stereocenters. The molecular weight excluding hydrogens is 126 g/mol. The molecular formula is C8H17NO. The second-order valence-electron chi connectivity index (χ2n) is 3.24. The Labute approximate surface area is 62.6 Å². The quantitative estimate of drug-likeness (QED) is 0.571. The Morgan fingerprint density at radius 1 is 1.70 bits per heavy atom. The lowest BCUT2D eigenvalue weighted by atomic mass is 9.85. The van der Waals surface area contributed by atoms with Crippen LogP contribution in [0.1, 0.15) is 33.1 Å². The van der Waals surface area contributed by atoms with E-state index >= 15 is 0 Å². The number of hydrogen-bond donors (Lipinski definition) is 2. The highest BCUT2D eigenvalue weighted by Gasteiger charge is 2.33. The first-order valence-electron chi connectivity index (χ1n) is 4.15. The topological polar surface area (TPSA) is 32.3 Å². The predicted molar refractivity (Wildman–Crippen MR) is 41.9 cm³/mol. The van der Waals surface area contributed by atoms with Gasteiger partial charge in [0.05, 0.1) is 5.60 Å². The van der Waals surface area contributed by atoms with Crippen molar-refractivity contribution in [3.05, 3.63) is 0 Å². The van der Waals surface area contributed by atoms with Gasteiger partial charge in [0.25, 0.3) is 0 Å². The van der Waals surface area contributed by atoms with Crippen LogP contribution < -0.4 is 5.32 Å². The normalized spacial score (nSPS) is 41.7. The summed E-state index contributed by atoms with van der Waals surface area (Å²) in [7, 11) is 0. The van der Waals surface area contributed by atoms with Crippen LogP contribution in [0.5, 0.6) is 0 Å². The smallest absolute Gasteiger partial charge is 0.0795 e. The van der Waals surface area contributed by atoms with E-state index in [2.05, 4.69) is 12.2 Å². The van der Waals surface area contributed by atoms with Crippen molar-refractivity contribution in [1.29, 1.82) is 0 Å². The van der Waals surface area contributed by atoms with E-state index < -0.39 is 5.60 Å². The summed E-state index contributed by atoms with van der Waals surface area (Å²) in [6.45, 7) is 5.16. The van der Waals surface area contributed by atoms with Gasteiger partial charge in [-0.15, -0.1) is 0 Å². The van der Waals surface area contributed by atoms with Gasteiger partial charge >= 0.3 is 0 Å². The third-order valence-electron chi connectivity index (χ3n) is 2.66. The Hall–Kier alpha value is -0.0800. The molecule has 10 heavy (non-hydrogen) atoms. The highest BCUT2D eigenvalue weighted by Crippen LogP contribution is 2.24. The van der Waals surface area contributed by atoms with Gasteiger partial charge in [0.1, 0.15) is 0 Å². The molecule has 0 spiro atoms. The summed E-state index contributed by atoms with van der Waals surface area (Å²) >= 11 is 0. The molecule has 1 aliphatic heterocycles. The molecule has 1 saturated heterocycles. The third kappa shape index (κ3) is 1.32. The number of hydrogen-bond acceptors (Lipinski definition) is 2. The van der Waals surface area contributed by atoms with Gasteiger partial charge in [-0.25, -0.2) is 0 Å². The van der Waals surface area contributed by atoms with E-state index in [0.29, 0.717) is 0 Å². The zero-order chi connectivity index (χ0) is 7.61. The van der Waals surface area contributed by atoms with Crippen LogP contribution in [-0.4, -0.2) is 23.3 Å². The highest BCUT2D eigenvalue weighted by atomic mass is 16.3. The summed E-state index contributed by atoms with van der Waals surface area (Å²) in [5, 5.41) is 13.2. The van der Waals surface area contributed by atoms with Crippen LogP contribution in [0.4, 0.5) is 0 Å². The maximum absolute atomic E-state index is 9.89. The van der Waals surface area contributed by atoms with Crippen LogP contribution >= 0.6 is 0 Å². The van der Waals surface area contributed by atoms with Crippen LogP contribution in [0.25, 0.3) is 0 Å². The fourth-order valence-electron chi connectivity index (χ4n) is 1.60. The monoisotopic (exact) mass is 143 g/mol. The van der Waals surface area contributed by atoms with Gasteiger partial charge in [-0.1, -0.05) is 6.92 Å². The Kier molecular flexibility index (Phi) is 2.32. The number of nitrogens with one attached hydrogen (secondary N) is 1. The van der Waals surface area contributed by atoms with Crippen molar-refractivity contribution in [3.63, 3.8) is 0 Å². The maximum atomic E-state index is 9.89. The van der Waals surface area contributed by atoms with E-state index in [4.69, 9.17) is 0 Å². The fourth-order valence-corrected chi connectivity index (χ4v) is 1.60. The van der Waals surface area contributed by atoms with Crippen LogP contribution in [0, 0.1) is 0 Å². The molecule has 0 aliphatic carbocycles. The summed E-state index contributed by atoms with van der Waals surface area (Å²) in [5.41, 5.74) is -0.432. The minimum absolute atomic E-state index is 0.270. The Bertz CT molecular complexity index is 116. The first-order valence-corrected chi connectivity index (χ1v) is 4.15. The number of piperidine rings is 1. The molecule has 2 nitrogen and oxygen atoms in total. The minimum Gasteiger partial charge on any atom is -0.388 e. The van der Waals surface area contributed by atoms with Crippen molar-refractivity contribution in [2.75, 3.05) is 6.54 Å². The molecule has 0 radical (unpaired) electrons. The van der Waals surface area contributed by atoms with Crippen LogP contribution in [-0.2, 0) is 0 Å². The van der Waals surface area contributed by atoms with Gasteiger partial charge in [-0.3, -0.25) is 0 Å². The van der Waals surface area contributed by atoms with Gasteiger partial charge in [0, 0.05) is 6.04 Å². The summed E-state index contributed by atoms with van der Waals surface area (Å²) in [6, 6.07) is 0.270. The molecule has 1 heterocycles. The molecule has 2 heteroatoms. The van der Waals surface area contributed by atoms with Gasteiger partial charge in [-0.2, -0.15) is 0 Å². The molecule has 0 bridgehead atoms. The lowest BCUT2D eigenvalue weighted by molar-refractivity contribution is -0.0205. The zero-order valence-electron chi connectivity index (χ0n) is 6.85. The van der Waals surface area contributed by atoms with E-state index in [1.54, 1.807) is 0 Å². The first-order chi connectivity index (χ1) is 4.69. The number of rotatable bonds is 1. The largest absolute Gasteiger partial charge is 0.388 e. The predicted octanol–water partition coefficient (Wildman–Crippen LogP) is 0.899. The van der Waals surface area contributed by atoms with E-state index in [0.717, 1.165) is 25.8 Å². The molecule has 2 N–H and O–H groups in total. The first kappa shape index (κ1) is 8.02. The average Bonchev–Trinajstić information content (AvgIpc) is 1.96. The molecule has 0 saturated carbocycles. The SMILES string of the molecule is CCC1(O)CCCNC1C. The van der Waals surface area contributed by atoms with Crippen molar-refractivity contribution in [1.82, 2.24) is 5.32 Å². The summed E-state index contributed by atoms with van der Waals surface area (Å²) in [6.07, 6.45) is 2.92. The van der Waals surface area contributed by atoms with E-state index in [1.807, 2.05) is 6.92 Å². The fraction of sp³-hybridized carbons (Fsp3) is 1.00. The minimum atomic E-state index is -0.432. The standard InChI is InChI=1S/C8H17NO/c1-3-8(10)5-4-6-9-7(8)2/h7,9-10H,3-6H2,1-2H3. The van der Waals surface area contributed by atoms with Crippen molar-refractivity contribution in [2.24, 2.45) is 0 Å². The average molecular weight is 143 g/mol. The van der Waals surface area contributed by atoms with Gasteiger partial charge in [-0.05, 0) is 32.7 Å². The number of aliphatic hydroxyl groups is 1. The van der Waals surface area contributed by atoms with Gasteiger partial charge < -0.3 is 10.4 Å². The molecule has 0 aromatic rings. The van der Waals surface area contributed by atoms with Gasteiger partial charge in [0.2, 0.25) is 0 Å². The maximum Gasteiger partial charge on any atom is 0.0795 e. The molecule has 0 aromatic heterocycles. The van der Waals surface area contributed by atoms with E-state index in [-0.39, 0.29) is 6.04 Å². The molecule has 60 valence electrons. The van der Waals surface area contributed by atoms with Crippen LogP contribution in [0.15, 0.2) is 0 Å². The third-order valence-corrected chi connectivity index (χ3v) is 2.66. The van der Waals surface area contributed by atoms with Crippen LogP contribution in [0.2, 0.25) is 0 Å². The van der Waals surface area contributed by atoms with Crippen molar-refractivity contribution in [2.45, 2.75) is 44.8 Å². The van der Waals surface area contributed by atoms with Gasteiger partial charge in [0.15, 0.2) is 0 Å². The molecule has 1 aliphatic rings. The second-order valence-corrected chi connectivity index (χ2v) is 3.24. The molecule has 0 amide bonds. The Morgan fingerprint density at radius 2 is 2.40 bits per heavy atom. The van der Waals surface area contributed by atoms with E-state index in [9.17, 15) is 5.11 Å². The molecule has 1 fully saturated rings. The zero-order valence-corrected chi connectivity index (χ0v) is 6.85. The Morgan fingerprint density at radius 3 is 2.80 bits per heavy atom. The lowest BCUT2D eigenvalue weighted by Crippen LogP contribution is -2.52. The molecule has 2 atom stereocenters. The van der Waals surface area contributed by atoms with Crippen molar-refractivity contribution in [3.8, 4) is 0 Å². The van der Waals surface area contributed by atoms with Crippen molar-refractivity contribution >= 4 is 0 Å². The Balaban J connectivity index is 2.54. The molecule has 0 aromatic carbocycles. The van der Waals surface area contributed by atoms with Crippen molar-refractivity contribution < 1.29 is 5.11 Å². The van der Waals surface area contributed by atoms with Crippen LogP contribution in [0.3, 0.4) is 0 Å².